The fourth-order valence-corrected chi connectivity index (χ4v) is 1.65. The van der Waals surface area contributed by atoms with Crippen molar-refractivity contribution in [1.82, 2.24) is 15.8 Å². The van der Waals surface area contributed by atoms with Crippen molar-refractivity contribution in [3.05, 3.63) is 0 Å². The van der Waals surface area contributed by atoms with Gasteiger partial charge in [0.25, 0.3) is 0 Å². The molecule has 2 aliphatic heterocycles. The van der Waals surface area contributed by atoms with Crippen molar-refractivity contribution in [2.75, 3.05) is 19.9 Å². The molecule has 0 radical (unpaired) electrons. The molecule has 0 aromatic rings. The summed E-state index contributed by atoms with van der Waals surface area (Å²) in [6.07, 6.45) is 0.949. The SMILES string of the molecule is CC(C)C1OC1CN1CNCN1. The predicted octanol–water partition coefficient (Wildman–Crippen LogP) is -0.265. The molecule has 0 aromatic carbocycles. The first-order valence-corrected chi connectivity index (χ1v) is 4.62. The van der Waals surface area contributed by atoms with Crippen LogP contribution in [-0.2, 0) is 4.74 Å². The van der Waals surface area contributed by atoms with Gasteiger partial charge < -0.3 is 4.74 Å². The Morgan fingerprint density at radius 3 is 2.92 bits per heavy atom. The lowest BCUT2D eigenvalue weighted by molar-refractivity contribution is 0.221. The van der Waals surface area contributed by atoms with Crippen LogP contribution in [0.25, 0.3) is 0 Å². The average molecular weight is 171 g/mol. The van der Waals surface area contributed by atoms with Crippen molar-refractivity contribution in [2.24, 2.45) is 5.92 Å². The zero-order valence-electron chi connectivity index (χ0n) is 7.71. The van der Waals surface area contributed by atoms with Crippen molar-refractivity contribution in [2.45, 2.75) is 26.1 Å². The molecular formula is C8H17N3O. The highest BCUT2D eigenvalue weighted by Gasteiger charge is 2.42. The van der Waals surface area contributed by atoms with Gasteiger partial charge in [0.1, 0.15) is 0 Å². The molecule has 2 aliphatic rings. The predicted molar refractivity (Wildman–Crippen MR) is 46.2 cm³/mol. The van der Waals surface area contributed by atoms with E-state index >= 15 is 0 Å². The second kappa shape index (κ2) is 3.30. The van der Waals surface area contributed by atoms with Gasteiger partial charge in [0.05, 0.1) is 25.5 Å². The molecule has 0 bridgehead atoms. The van der Waals surface area contributed by atoms with E-state index in [9.17, 15) is 0 Å². The number of rotatable bonds is 3. The summed E-state index contributed by atoms with van der Waals surface area (Å²) in [5.41, 5.74) is 3.23. The van der Waals surface area contributed by atoms with Gasteiger partial charge in [-0.25, -0.2) is 10.4 Å². The number of hydrogen-bond donors (Lipinski definition) is 2. The van der Waals surface area contributed by atoms with Crippen LogP contribution in [0, 0.1) is 5.92 Å². The maximum absolute atomic E-state index is 5.53. The topological polar surface area (TPSA) is 39.8 Å². The smallest absolute Gasteiger partial charge is 0.0985 e. The number of hydrogen-bond acceptors (Lipinski definition) is 4. The Morgan fingerprint density at radius 2 is 2.42 bits per heavy atom. The van der Waals surface area contributed by atoms with Crippen LogP contribution >= 0.6 is 0 Å². The summed E-state index contributed by atoms with van der Waals surface area (Å²) in [7, 11) is 0. The molecule has 2 unspecified atom stereocenters. The van der Waals surface area contributed by atoms with Gasteiger partial charge in [-0.05, 0) is 5.92 Å². The minimum Gasteiger partial charge on any atom is -0.368 e. The van der Waals surface area contributed by atoms with Gasteiger partial charge in [0.15, 0.2) is 0 Å². The molecule has 2 saturated heterocycles. The van der Waals surface area contributed by atoms with Crippen LogP contribution in [0.5, 0.6) is 0 Å². The van der Waals surface area contributed by atoms with Gasteiger partial charge >= 0.3 is 0 Å². The van der Waals surface area contributed by atoms with Gasteiger partial charge in [-0.2, -0.15) is 0 Å². The first-order valence-electron chi connectivity index (χ1n) is 4.62. The van der Waals surface area contributed by atoms with Crippen LogP contribution in [-0.4, -0.2) is 37.1 Å². The maximum Gasteiger partial charge on any atom is 0.0985 e. The molecule has 70 valence electrons. The lowest BCUT2D eigenvalue weighted by atomic mass is 10.1. The number of hydrazine groups is 1. The molecule has 2 N–H and O–H groups in total. The monoisotopic (exact) mass is 171 g/mol. The molecule has 2 heterocycles. The lowest BCUT2D eigenvalue weighted by Crippen LogP contribution is -2.35. The molecule has 4 nitrogen and oxygen atoms in total. The zero-order valence-corrected chi connectivity index (χ0v) is 7.71. The summed E-state index contributed by atoms with van der Waals surface area (Å²) in [6.45, 7) is 7.25. The number of epoxide rings is 1. The van der Waals surface area contributed by atoms with Crippen LogP contribution in [0.2, 0.25) is 0 Å². The summed E-state index contributed by atoms with van der Waals surface area (Å²) in [4.78, 5) is 0. The molecule has 0 spiro atoms. The molecule has 2 atom stereocenters. The first-order chi connectivity index (χ1) is 5.77. The minimum absolute atomic E-state index is 0.456. The fourth-order valence-electron chi connectivity index (χ4n) is 1.65. The Kier molecular flexibility index (Phi) is 2.32. The fraction of sp³-hybridized carbons (Fsp3) is 1.00. The summed E-state index contributed by atoms with van der Waals surface area (Å²) in [5.74, 6) is 0.658. The molecular weight excluding hydrogens is 154 g/mol. The highest BCUT2D eigenvalue weighted by Crippen LogP contribution is 2.29. The first kappa shape index (κ1) is 8.44. The van der Waals surface area contributed by atoms with E-state index in [-0.39, 0.29) is 0 Å². The number of nitrogens with one attached hydrogen (secondary N) is 2. The summed E-state index contributed by atoms with van der Waals surface area (Å²) >= 11 is 0. The molecule has 0 aliphatic carbocycles. The van der Waals surface area contributed by atoms with Crippen LogP contribution in [0.4, 0.5) is 0 Å². The molecule has 2 fully saturated rings. The minimum atomic E-state index is 0.456. The molecule has 4 heteroatoms. The molecule has 0 aromatic heterocycles. The van der Waals surface area contributed by atoms with E-state index in [4.69, 9.17) is 4.74 Å². The third kappa shape index (κ3) is 1.77. The van der Waals surface area contributed by atoms with Crippen molar-refractivity contribution in [1.29, 1.82) is 0 Å². The quantitative estimate of drug-likeness (QED) is 0.574. The largest absolute Gasteiger partial charge is 0.368 e. The Balaban J connectivity index is 1.68. The Morgan fingerprint density at radius 1 is 1.58 bits per heavy atom. The average Bonchev–Trinajstić information content (AvgIpc) is 2.57. The van der Waals surface area contributed by atoms with Gasteiger partial charge in [-0.15, -0.1) is 0 Å². The van der Waals surface area contributed by atoms with Gasteiger partial charge in [0, 0.05) is 6.54 Å². The van der Waals surface area contributed by atoms with E-state index in [0.717, 1.165) is 19.9 Å². The highest BCUT2D eigenvalue weighted by molar-refractivity contribution is 4.89. The normalized spacial score (nSPS) is 36.2. The maximum atomic E-state index is 5.53. The van der Waals surface area contributed by atoms with Crippen LogP contribution in [0.1, 0.15) is 13.8 Å². The third-order valence-corrected chi connectivity index (χ3v) is 2.41. The van der Waals surface area contributed by atoms with E-state index < -0.39 is 0 Å². The van der Waals surface area contributed by atoms with E-state index in [2.05, 4.69) is 29.6 Å². The van der Waals surface area contributed by atoms with Crippen molar-refractivity contribution in [3.63, 3.8) is 0 Å². The van der Waals surface area contributed by atoms with Crippen LogP contribution < -0.4 is 10.7 Å². The van der Waals surface area contributed by atoms with E-state index in [1.165, 1.54) is 0 Å². The van der Waals surface area contributed by atoms with Gasteiger partial charge in [0.2, 0.25) is 0 Å². The third-order valence-electron chi connectivity index (χ3n) is 2.41. The van der Waals surface area contributed by atoms with Crippen molar-refractivity contribution >= 4 is 0 Å². The Bertz CT molecular complexity index is 156. The van der Waals surface area contributed by atoms with Crippen LogP contribution in [0.15, 0.2) is 0 Å². The molecule has 12 heavy (non-hydrogen) atoms. The second-order valence-electron chi connectivity index (χ2n) is 3.85. The second-order valence-corrected chi connectivity index (χ2v) is 3.85. The van der Waals surface area contributed by atoms with Gasteiger partial charge in [-0.3, -0.25) is 5.32 Å². The van der Waals surface area contributed by atoms with Crippen molar-refractivity contribution < 1.29 is 4.74 Å². The number of ether oxygens (including phenoxy) is 1. The molecule has 2 rings (SSSR count). The van der Waals surface area contributed by atoms with E-state index in [0.29, 0.717) is 18.1 Å². The molecule has 0 saturated carbocycles. The van der Waals surface area contributed by atoms with Crippen molar-refractivity contribution in [3.8, 4) is 0 Å². The summed E-state index contributed by atoms with van der Waals surface area (Å²) < 4.78 is 5.53. The Hall–Kier alpha value is -0.160. The van der Waals surface area contributed by atoms with Crippen LogP contribution in [0.3, 0.4) is 0 Å². The Labute approximate surface area is 73.2 Å². The highest BCUT2D eigenvalue weighted by atomic mass is 16.6. The van der Waals surface area contributed by atoms with E-state index in [1.54, 1.807) is 0 Å². The summed E-state index contributed by atoms with van der Waals surface area (Å²) in [5, 5.41) is 5.38. The van der Waals surface area contributed by atoms with Gasteiger partial charge in [-0.1, -0.05) is 13.8 Å². The lowest BCUT2D eigenvalue weighted by Gasteiger charge is -2.11. The summed E-state index contributed by atoms with van der Waals surface area (Å²) in [6, 6.07) is 0. The van der Waals surface area contributed by atoms with E-state index in [1.807, 2.05) is 0 Å². The standard InChI is InChI=1S/C8H17N3O/c1-6(2)8-7(12-8)3-11-5-9-4-10-11/h6-10H,3-5H2,1-2H3. The number of nitrogens with zero attached hydrogens (tertiary/aromatic N) is 1. The molecule has 0 amide bonds. The zero-order chi connectivity index (χ0) is 8.55.